The predicted molar refractivity (Wildman–Crippen MR) is 68.1 cm³/mol. The molecule has 1 heterocycles. The lowest BCUT2D eigenvalue weighted by Crippen LogP contribution is -1.86. The summed E-state index contributed by atoms with van der Waals surface area (Å²) in [6.07, 6.45) is 0.572. The molecule has 1 aromatic heterocycles. The van der Waals surface area contributed by atoms with E-state index in [0.29, 0.717) is 11.6 Å². The predicted octanol–water partition coefficient (Wildman–Crippen LogP) is 3.31. The third-order valence-corrected chi connectivity index (χ3v) is 3.88. The molecule has 4 heteroatoms. The van der Waals surface area contributed by atoms with E-state index in [2.05, 4.69) is 24.0 Å². The summed E-state index contributed by atoms with van der Waals surface area (Å²) in [5.41, 5.74) is 2.30. The van der Waals surface area contributed by atoms with E-state index in [1.54, 1.807) is 0 Å². The molecule has 0 atom stereocenters. The van der Waals surface area contributed by atoms with Gasteiger partial charge in [-0.15, -0.1) is 11.3 Å². The van der Waals surface area contributed by atoms with Crippen LogP contribution in [0, 0.1) is 6.92 Å². The van der Waals surface area contributed by atoms with Gasteiger partial charge in [-0.05, 0) is 6.92 Å². The number of nitrogens with zero attached hydrogens (tertiary/aromatic N) is 1. The molecule has 2 nitrogen and oxygen atoms in total. The van der Waals surface area contributed by atoms with Crippen molar-refractivity contribution in [2.75, 3.05) is 6.61 Å². The molecule has 0 amide bonds. The van der Waals surface area contributed by atoms with Crippen molar-refractivity contribution in [1.82, 2.24) is 4.98 Å². The maximum Gasteiger partial charge on any atom is 0.143 e. The van der Waals surface area contributed by atoms with Crippen molar-refractivity contribution in [3.05, 3.63) is 39.9 Å². The summed E-state index contributed by atoms with van der Waals surface area (Å²) in [6, 6.07) is 8.17. The standard InChI is InChI=1S/C12H12ClNOS/c1-8-2-4-9(5-3-8)12-14-11(13)10(16-12)6-7-15/h2-5,15H,6-7H2,1H3. The van der Waals surface area contributed by atoms with Crippen LogP contribution in [0.15, 0.2) is 24.3 Å². The number of aliphatic hydroxyl groups is 1. The first-order valence-corrected chi connectivity index (χ1v) is 6.23. The van der Waals surface area contributed by atoms with E-state index in [1.165, 1.54) is 16.9 Å². The number of aryl methyl sites for hydroxylation is 1. The SMILES string of the molecule is Cc1ccc(-c2nc(Cl)c(CCO)s2)cc1. The van der Waals surface area contributed by atoms with Crippen LogP contribution in [0.5, 0.6) is 0 Å². The summed E-state index contributed by atoms with van der Waals surface area (Å²) < 4.78 is 0. The minimum atomic E-state index is 0.106. The molecular formula is C12H12ClNOS. The van der Waals surface area contributed by atoms with E-state index < -0.39 is 0 Å². The smallest absolute Gasteiger partial charge is 0.143 e. The van der Waals surface area contributed by atoms with Crippen molar-refractivity contribution in [3.8, 4) is 10.6 Å². The van der Waals surface area contributed by atoms with E-state index in [1.807, 2.05) is 12.1 Å². The molecule has 0 bridgehead atoms. The lowest BCUT2D eigenvalue weighted by Gasteiger charge is -1.96. The summed E-state index contributed by atoms with van der Waals surface area (Å²) in [6.45, 7) is 2.16. The Hall–Kier alpha value is -0.900. The van der Waals surface area contributed by atoms with Crippen LogP contribution in [-0.2, 0) is 6.42 Å². The van der Waals surface area contributed by atoms with Gasteiger partial charge in [0, 0.05) is 23.5 Å². The van der Waals surface area contributed by atoms with Gasteiger partial charge in [0.05, 0.1) is 0 Å². The van der Waals surface area contributed by atoms with Gasteiger partial charge >= 0.3 is 0 Å². The molecule has 84 valence electrons. The van der Waals surface area contributed by atoms with E-state index in [-0.39, 0.29) is 6.61 Å². The topological polar surface area (TPSA) is 33.1 Å². The van der Waals surface area contributed by atoms with E-state index >= 15 is 0 Å². The summed E-state index contributed by atoms with van der Waals surface area (Å²) in [7, 11) is 0. The highest BCUT2D eigenvalue weighted by molar-refractivity contribution is 7.15. The molecule has 0 aliphatic carbocycles. The highest BCUT2D eigenvalue weighted by Gasteiger charge is 2.09. The molecule has 0 saturated carbocycles. The number of halogens is 1. The molecule has 2 aromatic rings. The lowest BCUT2D eigenvalue weighted by molar-refractivity contribution is 0.300. The zero-order valence-electron chi connectivity index (χ0n) is 8.90. The van der Waals surface area contributed by atoms with Gasteiger partial charge in [0.25, 0.3) is 0 Å². The molecule has 0 saturated heterocycles. The fourth-order valence-corrected chi connectivity index (χ4v) is 2.70. The summed E-state index contributed by atoms with van der Waals surface area (Å²) >= 11 is 7.53. The van der Waals surface area contributed by atoms with Gasteiger partial charge in [0.2, 0.25) is 0 Å². The molecule has 16 heavy (non-hydrogen) atoms. The quantitative estimate of drug-likeness (QED) is 0.911. The normalized spacial score (nSPS) is 10.7. The van der Waals surface area contributed by atoms with Gasteiger partial charge in [-0.3, -0.25) is 0 Å². The Morgan fingerprint density at radius 2 is 2.00 bits per heavy atom. The Kier molecular flexibility index (Phi) is 3.59. The van der Waals surface area contributed by atoms with E-state index in [0.717, 1.165) is 15.4 Å². The van der Waals surface area contributed by atoms with E-state index in [4.69, 9.17) is 16.7 Å². The van der Waals surface area contributed by atoms with Gasteiger partial charge in [0.15, 0.2) is 0 Å². The molecule has 1 aromatic carbocycles. The number of aliphatic hydroxyl groups excluding tert-OH is 1. The Balaban J connectivity index is 2.33. The van der Waals surface area contributed by atoms with Crippen molar-refractivity contribution in [1.29, 1.82) is 0 Å². The Labute approximate surface area is 104 Å². The molecule has 0 spiro atoms. The van der Waals surface area contributed by atoms with Crippen molar-refractivity contribution >= 4 is 22.9 Å². The maximum atomic E-state index is 8.88. The summed E-state index contributed by atoms with van der Waals surface area (Å²) in [5.74, 6) is 0. The van der Waals surface area contributed by atoms with Gasteiger partial charge in [-0.2, -0.15) is 0 Å². The van der Waals surface area contributed by atoms with E-state index in [9.17, 15) is 0 Å². The number of hydrogen-bond acceptors (Lipinski definition) is 3. The maximum absolute atomic E-state index is 8.88. The van der Waals surface area contributed by atoms with Gasteiger partial charge in [-0.1, -0.05) is 41.4 Å². The highest BCUT2D eigenvalue weighted by atomic mass is 35.5. The highest BCUT2D eigenvalue weighted by Crippen LogP contribution is 2.31. The molecule has 0 radical (unpaired) electrons. The van der Waals surface area contributed by atoms with Crippen LogP contribution in [0.1, 0.15) is 10.4 Å². The van der Waals surface area contributed by atoms with Gasteiger partial charge in [0.1, 0.15) is 10.2 Å². The van der Waals surface area contributed by atoms with Crippen LogP contribution >= 0.6 is 22.9 Å². The van der Waals surface area contributed by atoms with Gasteiger partial charge < -0.3 is 5.11 Å². The third kappa shape index (κ3) is 2.43. The van der Waals surface area contributed by atoms with Crippen LogP contribution in [0.3, 0.4) is 0 Å². The molecule has 0 aliphatic rings. The molecule has 0 unspecified atom stereocenters. The van der Waals surface area contributed by atoms with Crippen LogP contribution in [-0.4, -0.2) is 16.7 Å². The second-order valence-corrected chi connectivity index (χ2v) is 5.01. The Morgan fingerprint density at radius 3 is 2.62 bits per heavy atom. The number of benzene rings is 1. The van der Waals surface area contributed by atoms with Crippen molar-refractivity contribution < 1.29 is 5.11 Å². The summed E-state index contributed by atoms with van der Waals surface area (Å²) in [4.78, 5) is 5.25. The first kappa shape index (κ1) is 11.6. The first-order valence-electron chi connectivity index (χ1n) is 5.04. The zero-order valence-corrected chi connectivity index (χ0v) is 10.5. The lowest BCUT2D eigenvalue weighted by atomic mass is 10.2. The molecular weight excluding hydrogens is 242 g/mol. The fourth-order valence-electron chi connectivity index (χ4n) is 1.41. The molecule has 1 N–H and O–H groups in total. The van der Waals surface area contributed by atoms with Crippen molar-refractivity contribution in [3.63, 3.8) is 0 Å². The number of thiazole rings is 1. The molecule has 0 aliphatic heterocycles. The first-order chi connectivity index (χ1) is 7.70. The zero-order chi connectivity index (χ0) is 11.5. The average Bonchev–Trinajstić information content (AvgIpc) is 2.62. The van der Waals surface area contributed by atoms with Crippen molar-refractivity contribution in [2.45, 2.75) is 13.3 Å². The van der Waals surface area contributed by atoms with Crippen molar-refractivity contribution in [2.24, 2.45) is 0 Å². The summed E-state index contributed by atoms with van der Waals surface area (Å²) in [5, 5.41) is 10.3. The fraction of sp³-hybridized carbons (Fsp3) is 0.250. The number of aromatic nitrogens is 1. The number of hydrogen-bond donors (Lipinski definition) is 1. The monoisotopic (exact) mass is 253 g/mol. The van der Waals surface area contributed by atoms with Crippen LogP contribution in [0.2, 0.25) is 5.15 Å². The van der Waals surface area contributed by atoms with Crippen LogP contribution in [0.4, 0.5) is 0 Å². The molecule has 0 fully saturated rings. The second-order valence-electron chi connectivity index (χ2n) is 3.57. The van der Waals surface area contributed by atoms with Crippen LogP contribution < -0.4 is 0 Å². The van der Waals surface area contributed by atoms with Crippen LogP contribution in [0.25, 0.3) is 10.6 Å². The minimum Gasteiger partial charge on any atom is -0.396 e. The van der Waals surface area contributed by atoms with Gasteiger partial charge in [-0.25, -0.2) is 4.98 Å². The Bertz CT molecular complexity index is 478. The third-order valence-electron chi connectivity index (χ3n) is 2.29. The Morgan fingerprint density at radius 1 is 1.31 bits per heavy atom. The molecule has 2 rings (SSSR count). The second kappa shape index (κ2) is 4.95. The largest absolute Gasteiger partial charge is 0.396 e. The average molecular weight is 254 g/mol. The minimum absolute atomic E-state index is 0.106. The number of rotatable bonds is 3.